The lowest BCUT2D eigenvalue weighted by Gasteiger charge is -1.99. The van der Waals surface area contributed by atoms with Gasteiger partial charge in [-0.1, -0.05) is 0 Å². The summed E-state index contributed by atoms with van der Waals surface area (Å²) in [5, 5.41) is 0.983. The zero-order valence-corrected chi connectivity index (χ0v) is 9.56. The fourth-order valence-corrected chi connectivity index (χ4v) is 2.13. The summed E-state index contributed by atoms with van der Waals surface area (Å²) in [6.07, 6.45) is 0.824. The van der Waals surface area contributed by atoms with Crippen LogP contribution in [-0.2, 0) is 7.05 Å². The minimum absolute atomic E-state index is 0.608. The molecule has 0 saturated heterocycles. The van der Waals surface area contributed by atoms with Crippen LogP contribution in [0.15, 0.2) is 28.7 Å². The number of hydrogen-bond acceptors (Lipinski definition) is 3. The molecule has 0 saturated carbocycles. The first-order valence-electron chi connectivity index (χ1n) is 5.25. The molecule has 17 heavy (non-hydrogen) atoms. The standard InChI is InChI=1S/C13H11NO3/c1-14-8(7-15)5-12-13(14)10-4-3-9(16-2)6-11(10)17-12/h3-7H,1-2H3. The van der Waals surface area contributed by atoms with Gasteiger partial charge in [0, 0.05) is 24.6 Å². The molecule has 3 aromatic rings. The second-order valence-electron chi connectivity index (χ2n) is 3.92. The number of ether oxygens (including phenoxy) is 1. The predicted octanol–water partition coefficient (Wildman–Crippen LogP) is 2.75. The Bertz CT molecular complexity index is 721. The molecular formula is C13H11NO3. The number of benzene rings is 1. The minimum atomic E-state index is 0.608. The summed E-state index contributed by atoms with van der Waals surface area (Å²) in [7, 11) is 3.47. The molecule has 3 rings (SSSR count). The molecule has 4 nitrogen and oxygen atoms in total. The van der Waals surface area contributed by atoms with Gasteiger partial charge in [-0.25, -0.2) is 0 Å². The largest absolute Gasteiger partial charge is 0.497 e. The van der Waals surface area contributed by atoms with Crippen LogP contribution in [0.1, 0.15) is 10.5 Å². The molecule has 0 N–H and O–H groups in total. The SMILES string of the molecule is COc1ccc2c(c1)oc1cc(C=O)n(C)c12. The molecule has 0 bridgehead atoms. The lowest BCUT2D eigenvalue weighted by molar-refractivity contribution is 0.111. The smallest absolute Gasteiger partial charge is 0.166 e. The van der Waals surface area contributed by atoms with E-state index in [0.717, 1.165) is 34.1 Å². The molecule has 0 aliphatic carbocycles. The van der Waals surface area contributed by atoms with Crippen molar-refractivity contribution in [3.8, 4) is 5.75 Å². The number of methoxy groups -OCH3 is 1. The highest BCUT2D eigenvalue weighted by Crippen LogP contribution is 2.32. The van der Waals surface area contributed by atoms with E-state index in [1.807, 2.05) is 29.8 Å². The van der Waals surface area contributed by atoms with E-state index in [-0.39, 0.29) is 0 Å². The molecular weight excluding hydrogens is 218 g/mol. The number of nitrogens with zero attached hydrogens (tertiary/aromatic N) is 1. The molecule has 0 radical (unpaired) electrons. The molecule has 2 heterocycles. The van der Waals surface area contributed by atoms with Gasteiger partial charge in [0.15, 0.2) is 11.9 Å². The average Bonchev–Trinajstić information content (AvgIpc) is 2.85. The van der Waals surface area contributed by atoms with Gasteiger partial charge in [-0.3, -0.25) is 4.79 Å². The molecule has 0 aliphatic heterocycles. The van der Waals surface area contributed by atoms with Gasteiger partial charge in [-0.15, -0.1) is 0 Å². The Labute approximate surface area is 97.4 Å². The zero-order chi connectivity index (χ0) is 12.0. The maximum atomic E-state index is 10.8. The highest BCUT2D eigenvalue weighted by molar-refractivity contribution is 6.05. The number of carbonyl (C=O) groups is 1. The van der Waals surface area contributed by atoms with E-state index in [1.165, 1.54) is 0 Å². The number of fused-ring (bicyclic) bond motifs is 3. The van der Waals surface area contributed by atoms with Gasteiger partial charge in [-0.05, 0) is 12.1 Å². The van der Waals surface area contributed by atoms with Gasteiger partial charge in [0.25, 0.3) is 0 Å². The minimum Gasteiger partial charge on any atom is -0.497 e. The molecule has 0 aliphatic rings. The molecule has 0 fully saturated rings. The third kappa shape index (κ3) is 1.27. The third-order valence-corrected chi connectivity index (χ3v) is 3.02. The molecule has 1 aromatic carbocycles. The third-order valence-electron chi connectivity index (χ3n) is 3.02. The van der Waals surface area contributed by atoms with Gasteiger partial charge in [0.2, 0.25) is 0 Å². The van der Waals surface area contributed by atoms with E-state index < -0.39 is 0 Å². The number of rotatable bonds is 2. The number of aldehydes is 1. The summed E-state index contributed by atoms with van der Waals surface area (Å²) >= 11 is 0. The Kier molecular flexibility index (Phi) is 1.98. The van der Waals surface area contributed by atoms with Crippen LogP contribution >= 0.6 is 0 Å². The van der Waals surface area contributed by atoms with Crippen LogP contribution in [0.4, 0.5) is 0 Å². The summed E-state index contributed by atoms with van der Waals surface area (Å²) in [6, 6.07) is 7.41. The van der Waals surface area contributed by atoms with Crippen molar-refractivity contribution in [1.29, 1.82) is 0 Å². The van der Waals surface area contributed by atoms with E-state index in [1.54, 1.807) is 13.2 Å². The highest BCUT2D eigenvalue weighted by Gasteiger charge is 2.14. The number of aromatic nitrogens is 1. The van der Waals surface area contributed by atoms with Gasteiger partial charge >= 0.3 is 0 Å². The van der Waals surface area contributed by atoms with Crippen molar-refractivity contribution in [3.63, 3.8) is 0 Å². The topological polar surface area (TPSA) is 44.4 Å². The number of furan rings is 1. The van der Waals surface area contributed by atoms with Crippen LogP contribution in [0.2, 0.25) is 0 Å². The summed E-state index contributed by atoms with van der Waals surface area (Å²) in [5.74, 6) is 0.757. The van der Waals surface area contributed by atoms with Crippen LogP contribution in [-0.4, -0.2) is 18.0 Å². The number of hydrogen-bond donors (Lipinski definition) is 0. The normalized spacial score (nSPS) is 11.2. The lowest BCUT2D eigenvalue weighted by Crippen LogP contribution is -1.93. The zero-order valence-electron chi connectivity index (χ0n) is 9.56. The molecule has 0 atom stereocenters. The monoisotopic (exact) mass is 229 g/mol. The average molecular weight is 229 g/mol. The Morgan fingerprint density at radius 2 is 2.12 bits per heavy atom. The molecule has 86 valence electrons. The van der Waals surface area contributed by atoms with E-state index in [2.05, 4.69) is 0 Å². The van der Waals surface area contributed by atoms with Crippen molar-refractivity contribution in [1.82, 2.24) is 4.57 Å². The fourth-order valence-electron chi connectivity index (χ4n) is 2.13. The van der Waals surface area contributed by atoms with E-state index in [4.69, 9.17) is 9.15 Å². The lowest BCUT2D eigenvalue weighted by atomic mass is 10.2. The Morgan fingerprint density at radius 1 is 1.29 bits per heavy atom. The second-order valence-corrected chi connectivity index (χ2v) is 3.92. The van der Waals surface area contributed by atoms with Crippen molar-refractivity contribution >= 4 is 28.4 Å². The van der Waals surface area contributed by atoms with Gasteiger partial charge in [0.05, 0.1) is 18.3 Å². The van der Waals surface area contributed by atoms with Crippen LogP contribution in [0.5, 0.6) is 5.75 Å². The van der Waals surface area contributed by atoms with Gasteiger partial charge in [-0.2, -0.15) is 0 Å². The van der Waals surface area contributed by atoms with Crippen LogP contribution in [0, 0.1) is 0 Å². The summed E-state index contributed by atoms with van der Waals surface area (Å²) in [6.45, 7) is 0. The molecule has 0 unspecified atom stereocenters. The quantitative estimate of drug-likeness (QED) is 0.634. The van der Waals surface area contributed by atoms with Crippen LogP contribution in [0.25, 0.3) is 22.1 Å². The van der Waals surface area contributed by atoms with Crippen molar-refractivity contribution < 1.29 is 13.9 Å². The van der Waals surface area contributed by atoms with E-state index in [0.29, 0.717) is 5.69 Å². The maximum Gasteiger partial charge on any atom is 0.166 e. The Hall–Kier alpha value is -2.23. The van der Waals surface area contributed by atoms with Gasteiger partial charge in [0.1, 0.15) is 11.3 Å². The van der Waals surface area contributed by atoms with Gasteiger partial charge < -0.3 is 13.7 Å². The van der Waals surface area contributed by atoms with E-state index in [9.17, 15) is 4.79 Å². The number of carbonyl (C=O) groups excluding carboxylic acids is 1. The molecule has 4 heteroatoms. The highest BCUT2D eigenvalue weighted by atomic mass is 16.5. The Balaban J connectivity index is 2.41. The number of aryl methyl sites for hydroxylation is 1. The Morgan fingerprint density at radius 3 is 2.82 bits per heavy atom. The van der Waals surface area contributed by atoms with Crippen molar-refractivity contribution in [3.05, 3.63) is 30.0 Å². The first-order chi connectivity index (χ1) is 8.24. The first kappa shape index (κ1) is 9.96. The fraction of sp³-hybridized carbons (Fsp3) is 0.154. The van der Waals surface area contributed by atoms with Crippen molar-refractivity contribution in [2.75, 3.05) is 7.11 Å². The predicted molar refractivity (Wildman–Crippen MR) is 64.6 cm³/mol. The molecule has 0 spiro atoms. The summed E-state index contributed by atoms with van der Waals surface area (Å²) in [4.78, 5) is 10.8. The molecule has 0 amide bonds. The van der Waals surface area contributed by atoms with Crippen LogP contribution in [0.3, 0.4) is 0 Å². The van der Waals surface area contributed by atoms with E-state index >= 15 is 0 Å². The van der Waals surface area contributed by atoms with Crippen LogP contribution < -0.4 is 4.74 Å². The van der Waals surface area contributed by atoms with Crippen molar-refractivity contribution in [2.24, 2.45) is 7.05 Å². The summed E-state index contributed by atoms with van der Waals surface area (Å²) < 4.78 is 12.7. The maximum absolute atomic E-state index is 10.8. The second kappa shape index (κ2) is 3.38. The van der Waals surface area contributed by atoms with Crippen molar-refractivity contribution in [2.45, 2.75) is 0 Å². The summed E-state index contributed by atoms with van der Waals surface area (Å²) in [5.41, 5.74) is 3.03. The molecule has 2 aromatic heterocycles. The first-order valence-corrected chi connectivity index (χ1v) is 5.25.